The van der Waals surface area contributed by atoms with Crippen LogP contribution in [0.5, 0.6) is 11.6 Å². The fourth-order valence-corrected chi connectivity index (χ4v) is 8.39. The number of nitrogens with one attached hydrogen (secondary N) is 3. The lowest BCUT2D eigenvalue weighted by molar-refractivity contribution is 0.0888. The van der Waals surface area contributed by atoms with Crippen LogP contribution in [0.3, 0.4) is 0 Å². The molecule has 11 heteroatoms. The van der Waals surface area contributed by atoms with E-state index in [-0.39, 0.29) is 29.8 Å². The summed E-state index contributed by atoms with van der Waals surface area (Å²) in [6.45, 7) is 8.82. The van der Waals surface area contributed by atoms with Gasteiger partial charge in [-0.05, 0) is 129 Å². The van der Waals surface area contributed by atoms with Crippen LogP contribution >= 0.6 is 22.6 Å². The lowest BCUT2D eigenvalue weighted by Crippen LogP contribution is -2.54. The van der Waals surface area contributed by atoms with E-state index >= 15 is 0 Å². The highest BCUT2D eigenvalue weighted by Gasteiger charge is 2.27. The molecule has 3 N–H and O–H groups in total. The second-order valence-electron chi connectivity index (χ2n) is 14.9. The van der Waals surface area contributed by atoms with Crippen molar-refractivity contribution < 1.29 is 14.3 Å². The van der Waals surface area contributed by atoms with Crippen LogP contribution < -0.4 is 20.7 Å². The molecule has 10 nitrogen and oxygen atoms in total. The zero-order valence-corrected chi connectivity index (χ0v) is 32.4. The van der Waals surface area contributed by atoms with Gasteiger partial charge in [-0.2, -0.15) is 0 Å². The lowest BCUT2D eigenvalue weighted by atomic mass is 9.91. The average molecular weight is 816 g/mol. The van der Waals surface area contributed by atoms with Gasteiger partial charge in [-0.1, -0.05) is 36.4 Å². The summed E-state index contributed by atoms with van der Waals surface area (Å²) < 4.78 is 9.24. The van der Waals surface area contributed by atoms with Gasteiger partial charge in [-0.15, -0.1) is 0 Å². The number of carbonyl (C=O) groups is 2. The molecule has 0 bridgehead atoms. The Labute approximate surface area is 320 Å². The Morgan fingerprint density at radius 3 is 2.38 bits per heavy atom. The Kier molecular flexibility index (Phi) is 11.9. The summed E-state index contributed by atoms with van der Waals surface area (Å²) in [6.07, 6.45) is 12.1. The molecule has 1 saturated heterocycles. The maximum Gasteiger partial charge on any atom is 0.271 e. The van der Waals surface area contributed by atoms with Crippen molar-refractivity contribution in [2.75, 3.05) is 19.6 Å². The average Bonchev–Trinajstić information content (AvgIpc) is 3.58. The predicted molar refractivity (Wildman–Crippen MR) is 212 cm³/mol. The van der Waals surface area contributed by atoms with Gasteiger partial charge in [-0.25, -0.2) is 9.97 Å². The number of piperazine rings is 1. The summed E-state index contributed by atoms with van der Waals surface area (Å²) in [6, 6.07) is 19.7. The van der Waals surface area contributed by atoms with Gasteiger partial charge in [0.2, 0.25) is 5.88 Å². The van der Waals surface area contributed by atoms with E-state index in [1.807, 2.05) is 30.5 Å². The van der Waals surface area contributed by atoms with E-state index in [0.717, 1.165) is 104 Å². The number of carbonyl (C=O) groups excluding carboxylic acids is 2. The lowest BCUT2D eigenvalue weighted by Gasteiger charge is -2.36. The van der Waals surface area contributed by atoms with Gasteiger partial charge in [0.15, 0.2) is 0 Å². The maximum absolute atomic E-state index is 13.6. The molecular formula is C41H50IN7O3. The van der Waals surface area contributed by atoms with Crippen molar-refractivity contribution >= 4 is 34.4 Å². The number of benzene rings is 2. The first-order valence-corrected chi connectivity index (χ1v) is 20.0. The van der Waals surface area contributed by atoms with Gasteiger partial charge in [-0.3, -0.25) is 9.59 Å². The van der Waals surface area contributed by atoms with Gasteiger partial charge in [0.05, 0.1) is 0 Å². The zero-order valence-electron chi connectivity index (χ0n) is 30.2. The van der Waals surface area contributed by atoms with Crippen molar-refractivity contribution in [1.29, 1.82) is 0 Å². The highest BCUT2D eigenvalue weighted by Crippen LogP contribution is 2.30. The fraction of sp³-hybridized carbons (Fsp3) is 0.463. The van der Waals surface area contributed by atoms with E-state index in [2.05, 4.69) is 102 Å². The third-order valence-electron chi connectivity index (χ3n) is 10.5. The number of aryl methyl sites for hydroxylation is 3. The highest BCUT2D eigenvalue weighted by atomic mass is 127. The summed E-state index contributed by atoms with van der Waals surface area (Å²) in [5, 5.41) is 9.99. The van der Waals surface area contributed by atoms with E-state index in [4.69, 9.17) is 4.74 Å². The van der Waals surface area contributed by atoms with Crippen molar-refractivity contribution in [1.82, 2.24) is 35.4 Å². The minimum Gasteiger partial charge on any atom is -0.438 e. The van der Waals surface area contributed by atoms with Crippen molar-refractivity contribution in [2.45, 2.75) is 102 Å². The van der Waals surface area contributed by atoms with E-state index in [0.29, 0.717) is 29.1 Å². The van der Waals surface area contributed by atoms with Crippen LogP contribution in [-0.2, 0) is 19.4 Å². The molecule has 4 heterocycles. The summed E-state index contributed by atoms with van der Waals surface area (Å²) in [5.41, 5.74) is 4.41. The number of imidazole rings is 1. The van der Waals surface area contributed by atoms with Crippen LogP contribution in [-0.4, -0.2) is 75.1 Å². The van der Waals surface area contributed by atoms with Gasteiger partial charge in [0.25, 0.3) is 11.8 Å². The van der Waals surface area contributed by atoms with Gasteiger partial charge >= 0.3 is 0 Å². The van der Waals surface area contributed by atoms with Crippen LogP contribution in [0.25, 0.3) is 11.1 Å². The largest absolute Gasteiger partial charge is 0.438 e. The first-order valence-electron chi connectivity index (χ1n) is 18.9. The molecule has 0 spiro atoms. The number of nitrogens with zero attached hydrogens (tertiary/aromatic N) is 4. The molecule has 4 aromatic rings. The number of ether oxygens (including phenoxy) is 1. The molecule has 2 atom stereocenters. The zero-order chi connectivity index (χ0) is 36.0. The van der Waals surface area contributed by atoms with Crippen molar-refractivity contribution in [3.63, 3.8) is 0 Å². The monoisotopic (exact) mass is 815 g/mol. The number of rotatable bonds is 11. The molecule has 1 aliphatic carbocycles. The normalized spacial score (nSPS) is 22.0. The molecule has 1 saturated carbocycles. The first-order chi connectivity index (χ1) is 25.3. The van der Waals surface area contributed by atoms with E-state index in [1.165, 1.54) is 5.56 Å². The molecule has 0 radical (unpaired) electrons. The Morgan fingerprint density at radius 2 is 1.65 bits per heavy atom. The minimum atomic E-state index is -0.204. The molecular weight excluding hydrogens is 765 g/mol. The van der Waals surface area contributed by atoms with E-state index < -0.39 is 0 Å². The summed E-state index contributed by atoms with van der Waals surface area (Å²) in [4.78, 5) is 38.2. The smallest absolute Gasteiger partial charge is 0.271 e. The van der Waals surface area contributed by atoms with E-state index in [1.54, 1.807) is 6.20 Å². The SMILES string of the molecule is C[C@@H]1CN(CCCc2ccc(-c3cccc(Oc4ncc(I)cc4C(=O)N[C@H]4CC[C@@H](NC(=O)c5cn6c(n5)CCCC6)CC4)c3)cc2)C[C@H](C)N1. The summed E-state index contributed by atoms with van der Waals surface area (Å²) in [7, 11) is 0. The number of hydrogen-bond acceptors (Lipinski definition) is 7. The molecule has 2 amide bonds. The van der Waals surface area contributed by atoms with Gasteiger partial charge in [0.1, 0.15) is 22.8 Å². The van der Waals surface area contributed by atoms with Crippen LogP contribution in [0.2, 0.25) is 0 Å². The number of hydrogen-bond donors (Lipinski definition) is 3. The van der Waals surface area contributed by atoms with E-state index in [9.17, 15) is 9.59 Å². The van der Waals surface area contributed by atoms with Crippen LogP contribution in [0.1, 0.15) is 91.0 Å². The standard InChI is InChI=1S/C41H50IN7O3/c1-27-24-48(25-28(2)44-27)19-6-7-29-11-13-30(14-12-29)31-8-5-9-35(21-31)52-41-36(22-32(42)23-43-41)39(50)45-33-15-17-34(18-16-33)46-40(51)37-26-49-20-4-3-10-38(49)47-37/h5,8-9,11-14,21-23,26-28,33-34,44H,3-4,6-7,10,15-20,24-25H2,1-2H3,(H,45,50)(H,46,51)/t27-,28+,33-,34+. The third kappa shape index (κ3) is 9.40. The van der Waals surface area contributed by atoms with Crippen molar-refractivity contribution in [3.8, 4) is 22.8 Å². The second-order valence-corrected chi connectivity index (χ2v) is 16.1. The molecule has 7 rings (SSSR count). The first kappa shape index (κ1) is 36.5. The van der Waals surface area contributed by atoms with Gasteiger partial charge in [0, 0.05) is 66.2 Å². The molecule has 0 unspecified atom stereocenters. The highest BCUT2D eigenvalue weighted by molar-refractivity contribution is 14.1. The number of halogens is 1. The fourth-order valence-electron chi connectivity index (χ4n) is 7.94. The molecule has 2 aromatic heterocycles. The number of fused-ring (bicyclic) bond motifs is 1. The van der Waals surface area contributed by atoms with Crippen LogP contribution in [0, 0.1) is 3.57 Å². The Morgan fingerprint density at radius 1 is 0.923 bits per heavy atom. The van der Waals surface area contributed by atoms with Crippen LogP contribution in [0.4, 0.5) is 0 Å². The Balaban J connectivity index is 0.916. The molecule has 2 aliphatic heterocycles. The van der Waals surface area contributed by atoms with Crippen molar-refractivity contribution in [2.24, 2.45) is 0 Å². The Bertz CT molecular complexity index is 1820. The Hall–Kier alpha value is -3.81. The summed E-state index contributed by atoms with van der Waals surface area (Å²) >= 11 is 2.17. The van der Waals surface area contributed by atoms with Gasteiger partial charge < -0.3 is 30.2 Å². The molecule has 52 heavy (non-hydrogen) atoms. The molecule has 274 valence electrons. The van der Waals surface area contributed by atoms with Crippen LogP contribution in [0.15, 0.2) is 67.0 Å². The number of amides is 2. The number of pyridine rings is 1. The minimum absolute atomic E-state index is 0.00653. The van der Waals surface area contributed by atoms with Crippen molar-refractivity contribution in [3.05, 3.63) is 93.2 Å². The molecule has 3 aliphatic rings. The molecule has 2 aromatic carbocycles. The summed E-state index contributed by atoms with van der Waals surface area (Å²) in [5.74, 6) is 1.60. The molecule has 2 fully saturated rings. The predicted octanol–water partition coefficient (Wildman–Crippen LogP) is 6.76. The topological polar surface area (TPSA) is 113 Å². The number of aromatic nitrogens is 3. The quantitative estimate of drug-likeness (QED) is 0.144. The third-order valence-corrected chi connectivity index (χ3v) is 11.1. The second kappa shape index (κ2) is 16.9. The maximum atomic E-state index is 13.6.